The molecule has 1 saturated heterocycles. The quantitative estimate of drug-likeness (QED) is 0.833. The number of nitrogens with one attached hydrogen (secondary N) is 1. The summed E-state index contributed by atoms with van der Waals surface area (Å²) in [6, 6.07) is 9.94. The number of β-amino-alcohol motifs (C(OH)–C–C–N with tert-alkyl or cyclic N) is 1. The number of amides is 1. The number of aliphatic hydroxyl groups excluding tert-OH is 1. The fourth-order valence-corrected chi connectivity index (χ4v) is 4.26. The highest BCUT2D eigenvalue weighted by atomic mass is 19.1. The third-order valence-electron chi connectivity index (χ3n) is 5.72. The van der Waals surface area contributed by atoms with Crippen molar-refractivity contribution in [2.45, 2.75) is 37.8 Å². The first-order chi connectivity index (χ1) is 13.6. The van der Waals surface area contributed by atoms with E-state index < -0.39 is 0 Å². The fraction of sp³-hybridized carbons (Fsp3) is 0.455. The van der Waals surface area contributed by atoms with Crippen molar-refractivity contribution in [3.63, 3.8) is 0 Å². The largest absolute Gasteiger partial charge is 0.390 e. The normalized spacial score (nSPS) is 23.2. The minimum atomic E-state index is -0.305. The lowest BCUT2D eigenvalue weighted by atomic mass is 9.84. The monoisotopic (exact) mass is 383 g/mol. The predicted octanol–water partition coefficient (Wildman–Crippen LogP) is 2.85. The summed E-state index contributed by atoms with van der Waals surface area (Å²) in [6.45, 7) is 2.56. The molecule has 1 aromatic carbocycles. The van der Waals surface area contributed by atoms with Gasteiger partial charge in [-0.3, -0.25) is 14.7 Å². The highest BCUT2D eigenvalue weighted by Gasteiger charge is 2.30. The lowest BCUT2D eigenvalue weighted by molar-refractivity contribution is -0.0105. The minimum Gasteiger partial charge on any atom is -0.390 e. The number of carbonyl (C=O) groups is 1. The van der Waals surface area contributed by atoms with Crippen LogP contribution in [-0.2, 0) is 0 Å². The van der Waals surface area contributed by atoms with Gasteiger partial charge in [0.25, 0.3) is 5.91 Å². The van der Waals surface area contributed by atoms with Gasteiger partial charge in [0.05, 0.1) is 17.4 Å². The van der Waals surface area contributed by atoms with Crippen molar-refractivity contribution in [1.82, 2.24) is 15.2 Å². The first kappa shape index (κ1) is 19.0. The van der Waals surface area contributed by atoms with Crippen molar-refractivity contribution < 1.29 is 14.3 Å². The third-order valence-corrected chi connectivity index (χ3v) is 5.72. The SMILES string of the molecule is O=C(N[C@H]1CCC[C@@H](CN2CC(O)C2)C1)c1ccc(-c2cccc(F)c2)nc1. The Morgan fingerprint density at radius 2 is 2.11 bits per heavy atom. The third kappa shape index (κ3) is 4.56. The topological polar surface area (TPSA) is 65.5 Å². The maximum absolute atomic E-state index is 13.4. The molecule has 6 heteroatoms. The van der Waals surface area contributed by atoms with E-state index in [-0.39, 0.29) is 23.9 Å². The average Bonchev–Trinajstić information content (AvgIpc) is 2.67. The number of halogens is 1. The molecule has 2 atom stereocenters. The van der Waals surface area contributed by atoms with E-state index in [1.54, 1.807) is 30.5 Å². The molecular formula is C22H26FN3O2. The number of aliphatic hydroxyl groups is 1. The van der Waals surface area contributed by atoms with E-state index in [2.05, 4.69) is 15.2 Å². The van der Waals surface area contributed by atoms with Crippen LogP contribution < -0.4 is 5.32 Å². The number of hydrogen-bond donors (Lipinski definition) is 2. The van der Waals surface area contributed by atoms with E-state index in [1.165, 1.54) is 18.6 Å². The lowest BCUT2D eigenvalue weighted by Crippen LogP contribution is -2.53. The number of likely N-dealkylation sites (tertiary alicyclic amines) is 1. The van der Waals surface area contributed by atoms with Gasteiger partial charge < -0.3 is 10.4 Å². The molecule has 1 aliphatic heterocycles. The molecule has 2 fully saturated rings. The molecule has 148 valence electrons. The Kier molecular flexibility index (Phi) is 5.69. The van der Waals surface area contributed by atoms with Gasteiger partial charge in [0.2, 0.25) is 0 Å². The van der Waals surface area contributed by atoms with Crippen molar-refractivity contribution >= 4 is 5.91 Å². The summed E-state index contributed by atoms with van der Waals surface area (Å²) in [5.41, 5.74) is 1.86. The number of nitrogens with zero attached hydrogens (tertiary/aromatic N) is 2. The molecule has 2 heterocycles. The first-order valence-corrected chi connectivity index (χ1v) is 10.00. The van der Waals surface area contributed by atoms with Gasteiger partial charge in [0.15, 0.2) is 0 Å². The minimum absolute atomic E-state index is 0.108. The summed E-state index contributed by atoms with van der Waals surface area (Å²) in [5.74, 6) is 0.157. The second-order valence-electron chi connectivity index (χ2n) is 8.02. The summed E-state index contributed by atoms with van der Waals surface area (Å²) >= 11 is 0. The Balaban J connectivity index is 1.33. The van der Waals surface area contributed by atoms with Crippen molar-refractivity contribution in [1.29, 1.82) is 0 Å². The molecule has 5 nitrogen and oxygen atoms in total. The maximum Gasteiger partial charge on any atom is 0.253 e. The molecule has 0 spiro atoms. The fourth-order valence-electron chi connectivity index (χ4n) is 4.26. The van der Waals surface area contributed by atoms with Gasteiger partial charge in [-0.05, 0) is 49.4 Å². The molecule has 2 N–H and O–H groups in total. The van der Waals surface area contributed by atoms with Gasteiger partial charge in [-0.25, -0.2) is 4.39 Å². The summed E-state index contributed by atoms with van der Waals surface area (Å²) in [5, 5.41) is 12.6. The lowest BCUT2D eigenvalue weighted by Gasteiger charge is -2.40. The van der Waals surface area contributed by atoms with E-state index in [4.69, 9.17) is 0 Å². The highest BCUT2D eigenvalue weighted by Crippen LogP contribution is 2.27. The Bertz CT molecular complexity index is 821. The molecular weight excluding hydrogens is 357 g/mol. The molecule has 2 aliphatic rings. The van der Waals surface area contributed by atoms with Gasteiger partial charge in [-0.15, -0.1) is 0 Å². The van der Waals surface area contributed by atoms with E-state index in [1.807, 2.05) is 0 Å². The molecule has 2 aromatic rings. The van der Waals surface area contributed by atoms with Crippen LogP contribution in [0.25, 0.3) is 11.3 Å². The van der Waals surface area contributed by atoms with Gasteiger partial charge in [-0.2, -0.15) is 0 Å². The standard InChI is InChI=1S/C22H26FN3O2/c23-18-5-2-4-16(10-18)21-8-7-17(11-24-21)22(28)25-19-6-1-3-15(9-19)12-26-13-20(27)14-26/h2,4-5,7-8,10-11,15,19-20,27H,1,3,6,9,12-14H2,(H,25,28)/t15-,19+/m1/s1. The molecule has 1 aromatic heterocycles. The maximum atomic E-state index is 13.4. The summed E-state index contributed by atoms with van der Waals surface area (Å²) < 4.78 is 13.4. The summed E-state index contributed by atoms with van der Waals surface area (Å²) in [4.78, 5) is 19.2. The molecule has 1 amide bonds. The Hall–Kier alpha value is -2.31. The van der Waals surface area contributed by atoms with E-state index in [0.29, 0.717) is 22.7 Å². The van der Waals surface area contributed by atoms with Gasteiger partial charge in [0.1, 0.15) is 5.82 Å². The van der Waals surface area contributed by atoms with Crippen LogP contribution in [0.5, 0.6) is 0 Å². The van der Waals surface area contributed by atoms with E-state index >= 15 is 0 Å². The zero-order valence-electron chi connectivity index (χ0n) is 15.9. The average molecular weight is 383 g/mol. The number of pyridine rings is 1. The van der Waals surface area contributed by atoms with Crippen molar-refractivity contribution in [3.8, 4) is 11.3 Å². The molecule has 0 unspecified atom stereocenters. The molecule has 1 saturated carbocycles. The number of rotatable bonds is 5. The van der Waals surface area contributed by atoms with Crippen molar-refractivity contribution in [2.24, 2.45) is 5.92 Å². The van der Waals surface area contributed by atoms with Crippen LogP contribution in [0.4, 0.5) is 4.39 Å². The van der Waals surface area contributed by atoms with E-state index in [0.717, 1.165) is 38.9 Å². The number of carbonyl (C=O) groups excluding carboxylic acids is 1. The van der Waals surface area contributed by atoms with Crippen molar-refractivity contribution in [3.05, 3.63) is 54.0 Å². The smallest absolute Gasteiger partial charge is 0.253 e. The van der Waals surface area contributed by atoms with Crippen LogP contribution in [0, 0.1) is 11.7 Å². The Labute approximate surface area is 164 Å². The van der Waals surface area contributed by atoms with Crippen LogP contribution in [0.15, 0.2) is 42.6 Å². The van der Waals surface area contributed by atoms with Crippen LogP contribution in [0.2, 0.25) is 0 Å². The number of benzene rings is 1. The molecule has 4 rings (SSSR count). The van der Waals surface area contributed by atoms with Gasteiger partial charge in [-0.1, -0.05) is 18.6 Å². The zero-order chi connectivity index (χ0) is 19.5. The second kappa shape index (κ2) is 8.37. The molecule has 1 aliphatic carbocycles. The Morgan fingerprint density at radius 1 is 1.25 bits per heavy atom. The van der Waals surface area contributed by atoms with E-state index in [9.17, 15) is 14.3 Å². The first-order valence-electron chi connectivity index (χ1n) is 10.00. The van der Waals surface area contributed by atoms with Gasteiger partial charge in [0, 0.05) is 37.4 Å². The summed E-state index contributed by atoms with van der Waals surface area (Å²) in [7, 11) is 0. The highest BCUT2D eigenvalue weighted by molar-refractivity contribution is 5.94. The van der Waals surface area contributed by atoms with Crippen LogP contribution >= 0.6 is 0 Å². The molecule has 0 bridgehead atoms. The number of hydrogen-bond acceptors (Lipinski definition) is 4. The van der Waals surface area contributed by atoms with Gasteiger partial charge >= 0.3 is 0 Å². The second-order valence-corrected chi connectivity index (χ2v) is 8.02. The van der Waals surface area contributed by atoms with Crippen LogP contribution in [0.3, 0.4) is 0 Å². The predicted molar refractivity (Wildman–Crippen MR) is 105 cm³/mol. The molecule has 0 radical (unpaired) electrons. The molecule has 28 heavy (non-hydrogen) atoms. The van der Waals surface area contributed by atoms with Crippen LogP contribution in [-0.4, -0.2) is 52.7 Å². The zero-order valence-corrected chi connectivity index (χ0v) is 15.9. The number of aromatic nitrogens is 1. The van der Waals surface area contributed by atoms with Crippen LogP contribution in [0.1, 0.15) is 36.0 Å². The Morgan fingerprint density at radius 3 is 2.82 bits per heavy atom. The summed E-state index contributed by atoms with van der Waals surface area (Å²) in [6.07, 6.45) is 5.66. The van der Waals surface area contributed by atoms with Crippen molar-refractivity contribution in [2.75, 3.05) is 19.6 Å².